The number of benzene rings is 2. The highest BCUT2D eigenvalue weighted by Crippen LogP contribution is 2.27. The Labute approximate surface area is 186 Å². The molecule has 4 rings (SSSR count). The van der Waals surface area contributed by atoms with Crippen molar-refractivity contribution in [2.24, 2.45) is 0 Å². The number of nitrogens with one attached hydrogen (secondary N) is 2. The number of carbonyl (C=O) groups excluding carboxylic acids is 1. The lowest BCUT2D eigenvalue weighted by Gasteiger charge is -2.28. The number of amides is 1. The van der Waals surface area contributed by atoms with Crippen LogP contribution in [0.3, 0.4) is 0 Å². The van der Waals surface area contributed by atoms with E-state index in [9.17, 15) is 4.79 Å². The fourth-order valence-corrected chi connectivity index (χ4v) is 4.22. The van der Waals surface area contributed by atoms with Crippen molar-refractivity contribution in [3.63, 3.8) is 0 Å². The Kier molecular flexibility index (Phi) is 6.89. The lowest BCUT2D eigenvalue weighted by atomic mass is 10.2. The molecule has 1 amide bonds. The van der Waals surface area contributed by atoms with Crippen LogP contribution in [0.2, 0.25) is 0 Å². The van der Waals surface area contributed by atoms with E-state index in [1.54, 1.807) is 0 Å². The molecule has 2 aromatic carbocycles. The van der Waals surface area contributed by atoms with Crippen molar-refractivity contribution in [2.75, 3.05) is 48.4 Å². The molecule has 162 valence electrons. The maximum absolute atomic E-state index is 12.7. The molecule has 31 heavy (non-hydrogen) atoms. The van der Waals surface area contributed by atoms with Gasteiger partial charge in [-0.1, -0.05) is 23.9 Å². The molecule has 1 fully saturated rings. The number of fused-ring (bicyclic) bond motifs is 1. The fraction of sp³-hybridized carbons (Fsp3) is 0.348. The summed E-state index contributed by atoms with van der Waals surface area (Å²) in [5.41, 5.74) is 2.79. The average molecular weight is 438 g/mol. The normalized spacial score (nSPS) is 15.0. The number of morpholine rings is 1. The predicted octanol–water partition coefficient (Wildman–Crippen LogP) is 4.02. The molecule has 1 aromatic heterocycles. The van der Waals surface area contributed by atoms with Gasteiger partial charge in [0.05, 0.1) is 24.0 Å². The van der Waals surface area contributed by atoms with Crippen molar-refractivity contribution >= 4 is 45.8 Å². The largest absolute Gasteiger partial charge is 0.378 e. The van der Waals surface area contributed by atoms with Crippen LogP contribution in [0.25, 0.3) is 10.9 Å². The molecule has 1 saturated heterocycles. The minimum Gasteiger partial charge on any atom is -0.378 e. The SMILES string of the molecule is CCNc1nc(SC(C)C(=O)Nc2ccc(N3CCOCC3)cc2)nc2ccccc12. The van der Waals surface area contributed by atoms with Crippen LogP contribution in [-0.2, 0) is 9.53 Å². The van der Waals surface area contributed by atoms with E-state index in [4.69, 9.17) is 4.74 Å². The molecule has 8 heteroatoms. The lowest BCUT2D eigenvalue weighted by Crippen LogP contribution is -2.36. The number of hydrogen-bond acceptors (Lipinski definition) is 7. The topological polar surface area (TPSA) is 79.4 Å². The summed E-state index contributed by atoms with van der Waals surface area (Å²) >= 11 is 1.36. The Morgan fingerprint density at radius 1 is 1.13 bits per heavy atom. The number of thioether (sulfide) groups is 1. The van der Waals surface area contributed by atoms with Gasteiger partial charge < -0.3 is 20.3 Å². The summed E-state index contributed by atoms with van der Waals surface area (Å²) in [5.74, 6) is 0.716. The van der Waals surface area contributed by atoms with Gasteiger partial charge in [-0.05, 0) is 50.2 Å². The first-order chi connectivity index (χ1) is 15.1. The number of aromatic nitrogens is 2. The highest BCUT2D eigenvalue weighted by molar-refractivity contribution is 8.00. The number of rotatable bonds is 7. The Morgan fingerprint density at radius 3 is 2.61 bits per heavy atom. The minimum absolute atomic E-state index is 0.0779. The summed E-state index contributed by atoms with van der Waals surface area (Å²) in [5, 5.41) is 7.51. The summed E-state index contributed by atoms with van der Waals surface area (Å²) in [6, 6.07) is 15.8. The summed E-state index contributed by atoms with van der Waals surface area (Å²) in [6.07, 6.45) is 0. The van der Waals surface area contributed by atoms with Crippen LogP contribution < -0.4 is 15.5 Å². The van der Waals surface area contributed by atoms with E-state index in [1.165, 1.54) is 11.8 Å². The van der Waals surface area contributed by atoms with Crippen LogP contribution in [0.4, 0.5) is 17.2 Å². The standard InChI is InChI=1S/C23H27N5O2S/c1-3-24-21-19-6-4-5-7-20(19)26-23(27-21)31-16(2)22(29)25-17-8-10-18(11-9-17)28-12-14-30-15-13-28/h4-11,16H,3,12-15H2,1-2H3,(H,25,29)(H,24,26,27). The number of carbonyl (C=O) groups is 1. The number of nitrogens with zero attached hydrogens (tertiary/aromatic N) is 3. The number of ether oxygens (including phenoxy) is 1. The van der Waals surface area contributed by atoms with Crippen molar-refractivity contribution in [3.8, 4) is 0 Å². The zero-order chi connectivity index (χ0) is 21.6. The third-order valence-electron chi connectivity index (χ3n) is 5.09. The van der Waals surface area contributed by atoms with Crippen molar-refractivity contribution in [1.29, 1.82) is 0 Å². The molecular weight excluding hydrogens is 410 g/mol. The van der Waals surface area contributed by atoms with E-state index in [0.717, 1.165) is 60.9 Å². The first-order valence-electron chi connectivity index (χ1n) is 10.5. The van der Waals surface area contributed by atoms with Crippen molar-refractivity contribution < 1.29 is 9.53 Å². The van der Waals surface area contributed by atoms with Crippen molar-refractivity contribution in [2.45, 2.75) is 24.3 Å². The van der Waals surface area contributed by atoms with Gasteiger partial charge in [-0.2, -0.15) is 0 Å². The molecule has 2 N–H and O–H groups in total. The van der Waals surface area contributed by atoms with E-state index < -0.39 is 0 Å². The second kappa shape index (κ2) is 9.98. The predicted molar refractivity (Wildman–Crippen MR) is 127 cm³/mol. The monoisotopic (exact) mass is 437 g/mol. The zero-order valence-corrected chi connectivity index (χ0v) is 18.6. The smallest absolute Gasteiger partial charge is 0.237 e. The average Bonchev–Trinajstić information content (AvgIpc) is 2.80. The van der Waals surface area contributed by atoms with Crippen LogP contribution in [0.5, 0.6) is 0 Å². The van der Waals surface area contributed by atoms with E-state index in [0.29, 0.717) is 5.16 Å². The van der Waals surface area contributed by atoms with E-state index in [2.05, 4.69) is 25.5 Å². The molecule has 0 bridgehead atoms. The van der Waals surface area contributed by atoms with Gasteiger partial charge in [-0.3, -0.25) is 4.79 Å². The van der Waals surface area contributed by atoms with Gasteiger partial charge in [0.1, 0.15) is 5.82 Å². The molecule has 0 radical (unpaired) electrons. The summed E-state index contributed by atoms with van der Waals surface area (Å²) in [6.45, 7) is 7.94. The second-order valence-electron chi connectivity index (χ2n) is 7.30. The molecule has 1 aliphatic heterocycles. The number of anilines is 3. The van der Waals surface area contributed by atoms with Crippen molar-refractivity contribution in [3.05, 3.63) is 48.5 Å². The van der Waals surface area contributed by atoms with E-state index in [-0.39, 0.29) is 11.2 Å². The molecule has 3 aromatic rings. The zero-order valence-electron chi connectivity index (χ0n) is 17.8. The molecule has 0 saturated carbocycles. The van der Waals surface area contributed by atoms with Crippen LogP contribution in [0.15, 0.2) is 53.7 Å². The highest BCUT2D eigenvalue weighted by Gasteiger charge is 2.18. The van der Waals surface area contributed by atoms with Crippen LogP contribution in [0, 0.1) is 0 Å². The van der Waals surface area contributed by atoms with Gasteiger partial charge in [0.25, 0.3) is 0 Å². The lowest BCUT2D eigenvalue weighted by molar-refractivity contribution is -0.115. The second-order valence-corrected chi connectivity index (χ2v) is 8.61. The Balaban J connectivity index is 1.41. The third-order valence-corrected chi connectivity index (χ3v) is 6.05. The summed E-state index contributed by atoms with van der Waals surface area (Å²) in [4.78, 5) is 24.3. The van der Waals surface area contributed by atoms with Crippen LogP contribution >= 0.6 is 11.8 Å². The molecule has 1 atom stereocenters. The van der Waals surface area contributed by atoms with E-state index in [1.807, 2.05) is 62.4 Å². The van der Waals surface area contributed by atoms with Gasteiger partial charge in [0.2, 0.25) is 5.91 Å². The van der Waals surface area contributed by atoms with Gasteiger partial charge >= 0.3 is 0 Å². The molecule has 1 unspecified atom stereocenters. The van der Waals surface area contributed by atoms with Crippen LogP contribution in [0.1, 0.15) is 13.8 Å². The Hall–Kier alpha value is -2.84. The van der Waals surface area contributed by atoms with Crippen molar-refractivity contribution in [1.82, 2.24) is 9.97 Å². The molecule has 2 heterocycles. The third kappa shape index (κ3) is 5.26. The Bertz CT molecular complexity index is 1040. The van der Waals surface area contributed by atoms with Gasteiger partial charge in [0, 0.05) is 36.4 Å². The molecule has 0 aliphatic carbocycles. The first kappa shape index (κ1) is 21.4. The Morgan fingerprint density at radius 2 is 1.87 bits per heavy atom. The quantitative estimate of drug-likeness (QED) is 0.427. The highest BCUT2D eigenvalue weighted by atomic mass is 32.2. The summed E-state index contributed by atoms with van der Waals surface area (Å²) < 4.78 is 5.40. The minimum atomic E-state index is -0.338. The van der Waals surface area contributed by atoms with Gasteiger partial charge in [-0.25, -0.2) is 9.97 Å². The number of para-hydroxylation sites is 1. The summed E-state index contributed by atoms with van der Waals surface area (Å²) in [7, 11) is 0. The molecular formula is C23H27N5O2S. The molecule has 0 spiro atoms. The maximum atomic E-state index is 12.7. The number of hydrogen-bond donors (Lipinski definition) is 2. The van der Waals surface area contributed by atoms with Gasteiger partial charge in [0.15, 0.2) is 5.16 Å². The van der Waals surface area contributed by atoms with Gasteiger partial charge in [-0.15, -0.1) is 0 Å². The van der Waals surface area contributed by atoms with Crippen LogP contribution in [-0.4, -0.2) is 54.0 Å². The van der Waals surface area contributed by atoms with E-state index >= 15 is 0 Å². The molecule has 1 aliphatic rings. The maximum Gasteiger partial charge on any atom is 0.237 e. The molecule has 7 nitrogen and oxygen atoms in total. The first-order valence-corrected chi connectivity index (χ1v) is 11.4. The fourth-order valence-electron chi connectivity index (χ4n) is 3.44.